The molecule has 0 bridgehead atoms. The highest BCUT2D eigenvalue weighted by molar-refractivity contribution is 5.88. The molecular weight excluding hydrogens is 234 g/mol. The summed E-state index contributed by atoms with van der Waals surface area (Å²) in [6.45, 7) is 7.95. The average Bonchev–Trinajstić information content (AvgIpc) is 2.68. The van der Waals surface area contributed by atoms with E-state index in [1.54, 1.807) is 13.0 Å². The maximum Gasteiger partial charge on any atom is 0.320 e. The van der Waals surface area contributed by atoms with Crippen LogP contribution in [0.4, 0.5) is 10.6 Å². The van der Waals surface area contributed by atoms with Crippen LogP contribution in [0.5, 0.6) is 0 Å². The van der Waals surface area contributed by atoms with Gasteiger partial charge in [-0.15, -0.1) is 0 Å². The lowest BCUT2D eigenvalue weighted by atomic mass is 10.2. The summed E-state index contributed by atoms with van der Waals surface area (Å²) in [6, 6.07) is 1.37. The number of aromatic nitrogens is 1. The number of nitrogens with zero attached hydrogens (tertiary/aromatic N) is 1. The monoisotopic (exact) mass is 255 g/mol. The molecule has 6 heteroatoms. The van der Waals surface area contributed by atoms with Crippen molar-refractivity contribution < 1.29 is 14.1 Å². The molecule has 6 nitrogen and oxygen atoms in total. The average molecular weight is 255 g/mol. The molecule has 0 saturated carbocycles. The van der Waals surface area contributed by atoms with Gasteiger partial charge in [0.15, 0.2) is 5.82 Å². The first-order valence-electron chi connectivity index (χ1n) is 6.14. The third kappa shape index (κ3) is 6.24. The number of aryl methyl sites for hydroxylation is 1. The highest BCUT2D eigenvalue weighted by Gasteiger charge is 2.04. The molecule has 2 N–H and O–H groups in total. The molecule has 2 amide bonds. The van der Waals surface area contributed by atoms with Crippen LogP contribution in [0.3, 0.4) is 0 Å². The van der Waals surface area contributed by atoms with Crippen molar-refractivity contribution in [1.29, 1.82) is 0 Å². The number of anilines is 1. The van der Waals surface area contributed by atoms with E-state index < -0.39 is 0 Å². The molecule has 1 aromatic rings. The molecule has 0 aromatic carbocycles. The standard InChI is InChI=1S/C12H21N3O3/c1-9(2)8-17-6-4-5-13-12(16)14-11-7-10(3)18-15-11/h7,9H,4-6,8H2,1-3H3,(H2,13,14,15,16). The Bertz CT molecular complexity index is 363. The number of rotatable bonds is 7. The Kier molecular flexibility index (Phi) is 6.21. The first kappa shape index (κ1) is 14.5. The van der Waals surface area contributed by atoms with E-state index in [9.17, 15) is 4.79 Å². The van der Waals surface area contributed by atoms with Gasteiger partial charge in [0.1, 0.15) is 5.76 Å². The Balaban J connectivity index is 2.03. The summed E-state index contributed by atoms with van der Waals surface area (Å²) in [7, 11) is 0. The molecule has 1 aromatic heterocycles. The Morgan fingerprint density at radius 1 is 1.56 bits per heavy atom. The van der Waals surface area contributed by atoms with Gasteiger partial charge in [-0.3, -0.25) is 5.32 Å². The molecule has 0 aliphatic rings. The van der Waals surface area contributed by atoms with Gasteiger partial charge in [0, 0.05) is 25.8 Å². The second-order valence-corrected chi connectivity index (χ2v) is 4.53. The fraction of sp³-hybridized carbons (Fsp3) is 0.667. The first-order chi connectivity index (χ1) is 8.58. The maximum atomic E-state index is 11.4. The zero-order valence-corrected chi connectivity index (χ0v) is 11.2. The molecular formula is C12H21N3O3. The number of carbonyl (C=O) groups is 1. The lowest BCUT2D eigenvalue weighted by molar-refractivity contribution is 0.108. The number of hydrogen-bond donors (Lipinski definition) is 2. The number of nitrogens with one attached hydrogen (secondary N) is 2. The molecule has 0 spiro atoms. The highest BCUT2D eigenvalue weighted by atomic mass is 16.5. The second-order valence-electron chi connectivity index (χ2n) is 4.53. The Hall–Kier alpha value is -1.56. The van der Waals surface area contributed by atoms with Gasteiger partial charge in [-0.05, 0) is 19.3 Å². The van der Waals surface area contributed by atoms with Crippen LogP contribution in [0.15, 0.2) is 10.6 Å². The predicted octanol–water partition coefficient (Wildman–Crippen LogP) is 2.17. The predicted molar refractivity (Wildman–Crippen MR) is 68.5 cm³/mol. The van der Waals surface area contributed by atoms with E-state index in [0.29, 0.717) is 30.6 Å². The van der Waals surface area contributed by atoms with E-state index in [2.05, 4.69) is 29.6 Å². The topological polar surface area (TPSA) is 76.4 Å². The van der Waals surface area contributed by atoms with Gasteiger partial charge in [-0.2, -0.15) is 0 Å². The maximum absolute atomic E-state index is 11.4. The van der Waals surface area contributed by atoms with E-state index in [1.807, 2.05) is 0 Å². The number of ether oxygens (including phenoxy) is 1. The van der Waals surface area contributed by atoms with Crippen LogP contribution >= 0.6 is 0 Å². The van der Waals surface area contributed by atoms with Gasteiger partial charge >= 0.3 is 6.03 Å². The van der Waals surface area contributed by atoms with Gasteiger partial charge in [-0.1, -0.05) is 19.0 Å². The smallest absolute Gasteiger partial charge is 0.320 e. The van der Waals surface area contributed by atoms with Crippen LogP contribution in [0.25, 0.3) is 0 Å². The third-order valence-electron chi connectivity index (χ3n) is 2.07. The summed E-state index contributed by atoms with van der Waals surface area (Å²) in [6.07, 6.45) is 0.790. The SMILES string of the molecule is Cc1cc(NC(=O)NCCCOCC(C)C)no1. The molecule has 0 saturated heterocycles. The zero-order chi connectivity index (χ0) is 13.4. The van der Waals surface area contributed by atoms with E-state index in [4.69, 9.17) is 9.26 Å². The van der Waals surface area contributed by atoms with E-state index in [-0.39, 0.29) is 6.03 Å². The van der Waals surface area contributed by atoms with E-state index in [1.165, 1.54) is 0 Å². The van der Waals surface area contributed by atoms with Crippen molar-refractivity contribution in [3.05, 3.63) is 11.8 Å². The number of carbonyl (C=O) groups excluding carboxylic acids is 1. The lowest BCUT2D eigenvalue weighted by Gasteiger charge is -2.07. The fourth-order valence-corrected chi connectivity index (χ4v) is 1.28. The molecule has 1 rings (SSSR count). The van der Waals surface area contributed by atoms with Gasteiger partial charge in [0.25, 0.3) is 0 Å². The molecule has 0 aliphatic heterocycles. The first-order valence-corrected chi connectivity index (χ1v) is 6.14. The quantitative estimate of drug-likeness (QED) is 0.732. The number of urea groups is 1. The molecule has 0 fully saturated rings. The highest BCUT2D eigenvalue weighted by Crippen LogP contribution is 2.06. The van der Waals surface area contributed by atoms with Crippen molar-refractivity contribution >= 4 is 11.8 Å². The lowest BCUT2D eigenvalue weighted by Crippen LogP contribution is -2.30. The Morgan fingerprint density at radius 2 is 2.33 bits per heavy atom. The molecule has 102 valence electrons. The van der Waals surface area contributed by atoms with Gasteiger partial charge < -0.3 is 14.6 Å². The minimum absolute atomic E-state index is 0.285. The van der Waals surface area contributed by atoms with Crippen molar-refractivity contribution in [3.63, 3.8) is 0 Å². The van der Waals surface area contributed by atoms with Crippen molar-refractivity contribution in [2.45, 2.75) is 27.2 Å². The van der Waals surface area contributed by atoms with Gasteiger partial charge in [0.05, 0.1) is 0 Å². The minimum atomic E-state index is -0.285. The van der Waals surface area contributed by atoms with Crippen molar-refractivity contribution in [2.24, 2.45) is 5.92 Å². The number of hydrogen-bond acceptors (Lipinski definition) is 4. The van der Waals surface area contributed by atoms with E-state index in [0.717, 1.165) is 13.0 Å². The van der Waals surface area contributed by atoms with Crippen LogP contribution < -0.4 is 10.6 Å². The molecule has 1 heterocycles. The van der Waals surface area contributed by atoms with Crippen LogP contribution in [0, 0.1) is 12.8 Å². The van der Waals surface area contributed by atoms with Crippen LogP contribution in [0.2, 0.25) is 0 Å². The minimum Gasteiger partial charge on any atom is -0.381 e. The summed E-state index contributed by atoms with van der Waals surface area (Å²) < 4.78 is 10.2. The Morgan fingerprint density at radius 3 is 2.94 bits per heavy atom. The van der Waals surface area contributed by atoms with E-state index >= 15 is 0 Å². The van der Waals surface area contributed by atoms with Crippen LogP contribution in [-0.2, 0) is 4.74 Å². The third-order valence-corrected chi connectivity index (χ3v) is 2.07. The normalized spacial score (nSPS) is 10.7. The molecule has 0 atom stereocenters. The van der Waals surface area contributed by atoms with Crippen molar-refractivity contribution in [2.75, 3.05) is 25.1 Å². The zero-order valence-electron chi connectivity index (χ0n) is 11.2. The largest absolute Gasteiger partial charge is 0.381 e. The van der Waals surface area contributed by atoms with Gasteiger partial charge in [-0.25, -0.2) is 4.79 Å². The van der Waals surface area contributed by atoms with Crippen molar-refractivity contribution in [1.82, 2.24) is 10.5 Å². The molecule has 0 aliphatic carbocycles. The summed E-state index contributed by atoms with van der Waals surface area (Å²) in [5, 5.41) is 8.95. The summed E-state index contributed by atoms with van der Waals surface area (Å²) >= 11 is 0. The van der Waals surface area contributed by atoms with Crippen LogP contribution in [-0.4, -0.2) is 30.9 Å². The summed E-state index contributed by atoms with van der Waals surface area (Å²) in [4.78, 5) is 11.4. The van der Waals surface area contributed by atoms with Crippen LogP contribution in [0.1, 0.15) is 26.0 Å². The molecule has 18 heavy (non-hydrogen) atoms. The fourth-order valence-electron chi connectivity index (χ4n) is 1.28. The summed E-state index contributed by atoms with van der Waals surface area (Å²) in [5.74, 6) is 1.62. The summed E-state index contributed by atoms with van der Waals surface area (Å²) in [5.41, 5.74) is 0. The second kappa shape index (κ2) is 7.71. The molecule has 0 radical (unpaired) electrons. The Labute approximate surface area is 107 Å². The van der Waals surface area contributed by atoms with Crippen molar-refractivity contribution in [3.8, 4) is 0 Å². The van der Waals surface area contributed by atoms with Gasteiger partial charge in [0.2, 0.25) is 0 Å². The molecule has 0 unspecified atom stereocenters. The number of amides is 2.